The van der Waals surface area contributed by atoms with Crippen LogP contribution in [0.15, 0.2) is 0 Å². The highest BCUT2D eigenvalue weighted by atomic mass is 16.4. The highest BCUT2D eigenvalue weighted by Gasteiger charge is 2.25. The molecule has 0 aliphatic rings. The molecule has 0 aromatic heterocycles. The van der Waals surface area contributed by atoms with Crippen molar-refractivity contribution in [1.29, 1.82) is 0 Å². The molecule has 0 saturated heterocycles. The average Bonchev–Trinajstić information content (AvgIpc) is 1.94. The summed E-state index contributed by atoms with van der Waals surface area (Å²) < 4.78 is 0. The minimum Gasteiger partial charge on any atom is -0.481 e. The summed E-state index contributed by atoms with van der Waals surface area (Å²) in [6.07, 6.45) is 1.68. The molecule has 2 N–H and O–H groups in total. The number of rotatable bonds is 5. The zero-order chi connectivity index (χ0) is 11.4. The lowest BCUT2D eigenvalue weighted by Crippen LogP contribution is -2.23. The van der Waals surface area contributed by atoms with E-state index in [4.69, 9.17) is 10.2 Å². The van der Waals surface area contributed by atoms with Crippen LogP contribution >= 0.6 is 0 Å². The SMILES string of the molecule is CC(C)(C)CCCC(C(=O)O)C(=O)O. The largest absolute Gasteiger partial charge is 0.481 e. The van der Waals surface area contributed by atoms with Gasteiger partial charge in [0.1, 0.15) is 0 Å². The lowest BCUT2D eigenvalue weighted by atomic mass is 9.88. The van der Waals surface area contributed by atoms with Gasteiger partial charge in [-0.1, -0.05) is 27.2 Å². The zero-order valence-corrected chi connectivity index (χ0v) is 8.91. The third-order valence-corrected chi connectivity index (χ3v) is 2.02. The summed E-state index contributed by atoms with van der Waals surface area (Å²) in [5.41, 5.74) is 0.127. The maximum atomic E-state index is 10.5. The molecule has 0 rings (SSSR count). The second-order valence-corrected chi connectivity index (χ2v) is 4.68. The maximum absolute atomic E-state index is 10.5. The van der Waals surface area contributed by atoms with Crippen LogP contribution in [-0.4, -0.2) is 22.2 Å². The van der Waals surface area contributed by atoms with Crippen molar-refractivity contribution in [3.63, 3.8) is 0 Å². The molecule has 0 heterocycles. The van der Waals surface area contributed by atoms with Crippen molar-refractivity contribution >= 4 is 11.9 Å². The maximum Gasteiger partial charge on any atom is 0.317 e. The van der Waals surface area contributed by atoms with E-state index in [0.29, 0.717) is 6.42 Å². The first kappa shape index (κ1) is 12.9. The molecule has 0 atom stereocenters. The van der Waals surface area contributed by atoms with Crippen LogP contribution in [0.5, 0.6) is 0 Å². The van der Waals surface area contributed by atoms with Gasteiger partial charge in [0.2, 0.25) is 0 Å². The highest BCUT2D eigenvalue weighted by Crippen LogP contribution is 2.23. The van der Waals surface area contributed by atoms with Crippen LogP contribution in [0.3, 0.4) is 0 Å². The molecular weight excluding hydrogens is 184 g/mol. The van der Waals surface area contributed by atoms with Crippen molar-refractivity contribution < 1.29 is 19.8 Å². The van der Waals surface area contributed by atoms with E-state index in [2.05, 4.69) is 0 Å². The quantitative estimate of drug-likeness (QED) is 0.668. The summed E-state index contributed by atoms with van der Waals surface area (Å²) in [5, 5.41) is 17.2. The molecule has 0 amide bonds. The van der Waals surface area contributed by atoms with E-state index in [-0.39, 0.29) is 11.8 Å². The van der Waals surface area contributed by atoms with Crippen LogP contribution in [0.25, 0.3) is 0 Å². The van der Waals surface area contributed by atoms with Gasteiger partial charge in [-0.3, -0.25) is 9.59 Å². The van der Waals surface area contributed by atoms with Crippen molar-refractivity contribution in [2.24, 2.45) is 11.3 Å². The molecule has 0 aliphatic carbocycles. The van der Waals surface area contributed by atoms with Gasteiger partial charge < -0.3 is 10.2 Å². The van der Waals surface area contributed by atoms with E-state index < -0.39 is 17.9 Å². The van der Waals surface area contributed by atoms with Crippen LogP contribution in [0, 0.1) is 11.3 Å². The molecule has 4 nitrogen and oxygen atoms in total. The van der Waals surface area contributed by atoms with Gasteiger partial charge in [0.15, 0.2) is 5.92 Å². The van der Waals surface area contributed by atoms with Crippen LogP contribution < -0.4 is 0 Å². The summed E-state index contributed by atoms with van der Waals surface area (Å²) >= 11 is 0. The van der Waals surface area contributed by atoms with Crippen LogP contribution in [0.1, 0.15) is 40.0 Å². The third kappa shape index (κ3) is 5.56. The molecule has 4 heteroatoms. The minimum absolute atomic E-state index is 0.127. The first-order valence-electron chi connectivity index (χ1n) is 4.69. The van der Waals surface area contributed by atoms with Gasteiger partial charge >= 0.3 is 11.9 Å². The van der Waals surface area contributed by atoms with Gasteiger partial charge in [-0.25, -0.2) is 0 Å². The van der Waals surface area contributed by atoms with E-state index in [1.54, 1.807) is 0 Å². The number of carboxylic acid groups (broad SMARTS) is 2. The number of carboxylic acids is 2. The van der Waals surface area contributed by atoms with E-state index in [1.165, 1.54) is 0 Å². The van der Waals surface area contributed by atoms with Crippen LogP contribution in [0.2, 0.25) is 0 Å². The van der Waals surface area contributed by atoms with Crippen molar-refractivity contribution in [3.8, 4) is 0 Å². The Bertz CT molecular complexity index is 201. The molecule has 0 fully saturated rings. The Kier molecular flexibility index (Phi) is 4.60. The van der Waals surface area contributed by atoms with Gasteiger partial charge in [-0.05, 0) is 18.3 Å². The molecule has 0 spiro atoms. The van der Waals surface area contributed by atoms with Crippen molar-refractivity contribution in [2.45, 2.75) is 40.0 Å². The molecule has 82 valence electrons. The Morgan fingerprint density at radius 1 is 1.14 bits per heavy atom. The first-order valence-corrected chi connectivity index (χ1v) is 4.69. The van der Waals surface area contributed by atoms with Crippen LogP contribution in [0.4, 0.5) is 0 Å². The van der Waals surface area contributed by atoms with Gasteiger partial charge in [0.05, 0.1) is 0 Å². The molecule has 14 heavy (non-hydrogen) atoms. The summed E-state index contributed by atoms with van der Waals surface area (Å²) in [6.45, 7) is 6.14. The molecule has 0 unspecified atom stereocenters. The first-order chi connectivity index (χ1) is 6.24. The predicted octanol–water partition coefficient (Wildman–Crippen LogP) is 1.99. The van der Waals surface area contributed by atoms with Gasteiger partial charge in [0, 0.05) is 0 Å². The molecule has 0 radical (unpaired) electrons. The van der Waals surface area contributed by atoms with E-state index in [1.807, 2.05) is 20.8 Å². The topological polar surface area (TPSA) is 74.6 Å². The molecule has 0 aliphatic heterocycles. The number of aliphatic carboxylic acids is 2. The van der Waals surface area contributed by atoms with Crippen molar-refractivity contribution in [3.05, 3.63) is 0 Å². The third-order valence-electron chi connectivity index (χ3n) is 2.02. The van der Waals surface area contributed by atoms with Gasteiger partial charge in [0.25, 0.3) is 0 Å². The molecule has 0 bridgehead atoms. The fourth-order valence-electron chi connectivity index (χ4n) is 1.19. The molecule has 0 saturated carbocycles. The summed E-state index contributed by atoms with van der Waals surface area (Å²) in [5.74, 6) is -3.74. The molecule has 0 aromatic rings. The Morgan fingerprint density at radius 3 is 1.86 bits per heavy atom. The summed E-state index contributed by atoms with van der Waals surface area (Å²) in [6, 6.07) is 0. The average molecular weight is 202 g/mol. The van der Waals surface area contributed by atoms with Crippen LogP contribution in [-0.2, 0) is 9.59 Å². The van der Waals surface area contributed by atoms with E-state index >= 15 is 0 Å². The Labute approximate surface area is 83.9 Å². The molecular formula is C10H18O4. The van der Waals surface area contributed by atoms with E-state index in [0.717, 1.165) is 6.42 Å². The monoisotopic (exact) mass is 202 g/mol. The Morgan fingerprint density at radius 2 is 1.57 bits per heavy atom. The van der Waals surface area contributed by atoms with Gasteiger partial charge in [-0.15, -0.1) is 0 Å². The second kappa shape index (κ2) is 4.98. The minimum atomic E-state index is -1.25. The smallest absolute Gasteiger partial charge is 0.317 e. The Balaban J connectivity index is 3.97. The number of hydrogen-bond donors (Lipinski definition) is 2. The van der Waals surface area contributed by atoms with E-state index in [9.17, 15) is 9.59 Å². The van der Waals surface area contributed by atoms with Crippen molar-refractivity contribution in [2.75, 3.05) is 0 Å². The highest BCUT2D eigenvalue weighted by molar-refractivity contribution is 5.92. The number of carbonyl (C=O) groups is 2. The lowest BCUT2D eigenvalue weighted by molar-refractivity contribution is -0.154. The summed E-state index contributed by atoms with van der Waals surface area (Å²) in [4.78, 5) is 21.0. The normalized spacial score (nSPS) is 11.7. The fraction of sp³-hybridized carbons (Fsp3) is 0.800. The van der Waals surface area contributed by atoms with Crippen molar-refractivity contribution in [1.82, 2.24) is 0 Å². The van der Waals surface area contributed by atoms with Gasteiger partial charge in [-0.2, -0.15) is 0 Å². The summed E-state index contributed by atoms with van der Waals surface area (Å²) in [7, 11) is 0. The number of hydrogen-bond acceptors (Lipinski definition) is 2. The predicted molar refractivity (Wildman–Crippen MR) is 52.1 cm³/mol. The molecule has 0 aromatic carbocycles. The zero-order valence-electron chi connectivity index (χ0n) is 8.91. The second-order valence-electron chi connectivity index (χ2n) is 4.68. The fourth-order valence-corrected chi connectivity index (χ4v) is 1.19. The standard InChI is InChI=1S/C10H18O4/c1-10(2,3)6-4-5-7(8(11)12)9(13)14/h7H,4-6H2,1-3H3,(H,11,12)(H,13,14). The lowest BCUT2D eigenvalue weighted by Gasteiger charge is -2.18. The Hall–Kier alpha value is -1.06.